The van der Waals surface area contributed by atoms with Gasteiger partial charge in [-0.25, -0.2) is 9.38 Å². The van der Waals surface area contributed by atoms with Crippen molar-refractivity contribution in [2.75, 3.05) is 60.5 Å². The number of hydrogen-bond acceptors (Lipinski definition) is 4. The third-order valence-electron chi connectivity index (χ3n) is 4.49. The molecule has 0 aliphatic carbocycles. The van der Waals surface area contributed by atoms with E-state index in [0.717, 1.165) is 44.2 Å². The van der Waals surface area contributed by atoms with Crippen molar-refractivity contribution in [2.45, 2.75) is 13.5 Å². The summed E-state index contributed by atoms with van der Waals surface area (Å²) < 4.78 is 18.8. The van der Waals surface area contributed by atoms with Gasteiger partial charge in [-0.2, -0.15) is 0 Å². The predicted molar refractivity (Wildman–Crippen MR) is 120 cm³/mol. The van der Waals surface area contributed by atoms with E-state index in [9.17, 15) is 9.18 Å². The molecule has 0 unspecified atom stereocenters. The zero-order valence-corrected chi connectivity index (χ0v) is 19.4. The van der Waals surface area contributed by atoms with Crippen molar-refractivity contribution in [1.82, 2.24) is 20.0 Å². The Morgan fingerprint density at radius 2 is 1.96 bits per heavy atom. The minimum atomic E-state index is -0.333. The summed E-state index contributed by atoms with van der Waals surface area (Å²) in [5.41, 5.74) is 0.930. The molecule has 0 bridgehead atoms. The van der Waals surface area contributed by atoms with E-state index in [-0.39, 0.29) is 48.0 Å². The molecule has 158 valence electrons. The minimum Gasteiger partial charge on any atom is -0.494 e. The van der Waals surface area contributed by atoms with Gasteiger partial charge in [0.15, 0.2) is 17.5 Å². The summed E-state index contributed by atoms with van der Waals surface area (Å²) in [5.74, 6) is 0.677. The number of benzene rings is 1. The Hall–Kier alpha value is -1.62. The van der Waals surface area contributed by atoms with E-state index in [4.69, 9.17) is 4.74 Å². The molecular formula is C19H31FIN5O2. The van der Waals surface area contributed by atoms with Crippen LogP contribution in [0, 0.1) is 5.82 Å². The topological polar surface area (TPSA) is 60.4 Å². The van der Waals surface area contributed by atoms with Crippen LogP contribution in [0.4, 0.5) is 4.39 Å². The summed E-state index contributed by atoms with van der Waals surface area (Å²) in [4.78, 5) is 22.2. The van der Waals surface area contributed by atoms with Crippen LogP contribution in [0.25, 0.3) is 0 Å². The van der Waals surface area contributed by atoms with E-state index in [1.165, 1.54) is 13.2 Å². The average molecular weight is 507 g/mol. The molecule has 7 nitrogen and oxygen atoms in total. The van der Waals surface area contributed by atoms with Gasteiger partial charge in [0.2, 0.25) is 5.91 Å². The summed E-state index contributed by atoms with van der Waals surface area (Å²) in [6, 6.07) is 5.09. The number of amides is 1. The number of ether oxygens (including phenoxy) is 1. The molecular weight excluding hydrogens is 476 g/mol. The van der Waals surface area contributed by atoms with Crippen molar-refractivity contribution >= 4 is 35.8 Å². The number of rotatable bonds is 6. The van der Waals surface area contributed by atoms with E-state index < -0.39 is 0 Å². The van der Waals surface area contributed by atoms with Gasteiger partial charge < -0.3 is 19.9 Å². The molecule has 1 fully saturated rings. The Morgan fingerprint density at radius 3 is 2.50 bits per heavy atom. The number of aliphatic imine (C=N–C) groups is 1. The first-order valence-corrected chi connectivity index (χ1v) is 9.22. The summed E-state index contributed by atoms with van der Waals surface area (Å²) in [6.45, 7) is 6.90. The van der Waals surface area contributed by atoms with Crippen molar-refractivity contribution in [1.29, 1.82) is 0 Å². The van der Waals surface area contributed by atoms with Crippen LogP contribution < -0.4 is 10.1 Å². The summed E-state index contributed by atoms with van der Waals surface area (Å²) >= 11 is 0. The van der Waals surface area contributed by atoms with Crippen molar-refractivity contribution in [3.63, 3.8) is 0 Å². The van der Waals surface area contributed by atoms with Gasteiger partial charge in [-0.3, -0.25) is 9.69 Å². The molecule has 0 saturated carbocycles. The van der Waals surface area contributed by atoms with Crippen LogP contribution in [0.2, 0.25) is 0 Å². The van der Waals surface area contributed by atoms with Gasteiger partial charge in [0.25, 0.3) is 0 Å². The molecule has 1 N–H and O–H groups in total. The first-order valence-electron chi connectivity index (χ1n) is 9.22. The number of nitrogens with zero attached hydrogens (tertiary/aromatic N) is 4. The number of likely N-dealkylation sites (N-methyl/N-ethyl adjacent to an activating group) is 1. The highest BCUT2D eigenvalue weighted by Gasteiger charge is 2.20. The Morgan fingerprint density at radius 1 is 1.29 bits per heavy atom. The molecule has 0 aromatic heterocycles. The van der Waals surface area contributed by atoms with Crippen molar-refractivity contribution < 1.29 is 13.9 Å². The second kappa shape index (κ2) is 12.1. The van der Waals surface area contributed by atoms with E-state index in [0.29, 0.717) is 6.54 Å². The van der Waals surface area contributed by atoms with Crippen molar-refractivity contribution in [2.24, 2.45) is 4.99 Å². The molecule has 28 heavy (non-hydrogen) atoms. The maximum atomic E-state index is 13.9. The lowest BCUT2D eigenvalue weighted by Gasteiger charge is -2.36. The van der Waals surface area contributed by atoms with E-state index in [2.05, 4.69) is 20.1 Å². The lowest BCUT2D eigenvalue weighted by molar-refractivity contribution is -0.127. The number of hydrogen-bond donors (Lipinski definition) is 1. The number of piperazine rings is 1. The Kier molecular flexibility index (Phi) is 10.5. The van der Waals surface area contributed by atoms with Gasteiger partial charge in [0.1, 0.15) is 6.54 Å². The summed E-state index contributed by atoms with van der Waals surface area (Å²) in [7, 11) is 4.92. The predicted octanol–water partition coefficient (Wildman–Crippen LogP) is 1.62. The number of halogens is 2. The first kappa shape index (κ1) is 24.4. The number of guanidine groups is 1. The summed E-state index contributed by atoms with van der Waals surface area (Å²) in [5, 5.41) is 3.25. The first-order chi connectivity index (χ1) is 12.9. The van der Waals surface area contributed by atoms with Gasteiger partial charge in [0, 0.05) is 53.4 Å². The van der Waals surface area contributed by atoms with Crippen LogP contribution in [0.5, 0.6) is 5.75 Å². The highest BCUT2D eigenvalue weighted by Crippen LogP contribution is 2.19. The number of carbonyl (C=O) groups excluding carboxylic acids is 1. The van der Waals surface area contributed by atoms with E-state index >= 15 is 0 Å². The van der Waals surface area contributed by atoms with Crippen LogP contribution in [-0.4, -0.2) is 87.0 Å². The maximum absolute atomic E-state index is 13.9. The largest absolute Gasteiger partial charge is 0.494 e. The van der Waals surface area contributed by atoms with Crippen LogP contribution in [0.15, 0.2) is 23.2 Å². The third-order valence-corrected chi connectivity index (χ3v) is 4.49. The van der Waals surface area contributed by atoms with Gasteiger partial charge in [-0.15, -0.1) is 24.0 Å². The average Bonchev–Trinajstić information content (AvgIpc) is 2.65. The maximum Gasteiger partial charge on any atom is 0.243 e. The SMILES string of the molecule is CCNC(=NCC(=O)N(C)C)N1CCN(Cc2ccc(OC)c(F)c2)CC1.I. The smallest absolute Gasteiger partial charge is 0.243 e. The molecule has 2 rings (SSSR count). The van der Waals surface area contributed by atoms with E-state index in [1.54, 1.807) is 25.1 Å². The standard InChI is InChI=1S/C19H30FN5O2.HI/c1-5-21-19(22-13-18(26)23(2)3)25-10-8-24(9-11-25)14-15-6-7-17(27-4)16(20)12-15;/h6-7,12H,5,8-11,13-14H2,1-4H3,(H,21,22);1H. The number of methoxy groups -OCH3 is 1. The molecule has 1 amide bonds. The Labute approximate surface area is 183 Å². The zero-order chi connectivity index (χ0) is 19.8. The second-order valence-corrected chi connectivity index (χ2v) is 6.69. The molecule has 1 aliphatic heterocycles. The molecule has 1 saturated heterocycles. The number of nitrogens with one attached hydrogen (secondary N) is 1. The zero-order valence-electron chi connectivity index (χ0n) is 17.1. The second-order valence-electron chi connectivity index (χ2n) is 6.69. The fraction of sp³-hybridized carbons (Fsp3) is 0.579. The molecule has 0 spiro atoms. The fourth-order valence-corrected chi connectivity index (χ4v) is 2.89. The molecule has 1 aromatic rings. The molecule has 0 atom stereocenters. The van der Waals surface area contributed by atoms with Crippen molar-refractivity contribution in [3.8, 4) is 5.75 Å². The lowest BCUT2D eigenvalue weighted by Crippen LogP contribution is -2.52. The van der Waals surface area contributed by atoms with Gasteiger partial charge in [-0.05, 0) is 24.6 Å². The molecule has 9 heteroatoms. The fourth-order valence-electron chi connectivity index (χ4n) is 2.89. The van der Waals surface area contributed by atoms with Gasteiger partial charge >= 0.3 is 0 Å². The van der Waals surface area contributed by atoms with Gasteiger partial charge in [-0.1, -0.05) is 6.07 Å². The highest BCUT2D eigenvalue weighted by molar-refractivity contribution is 14.0. The van der Waals surface area contributed by atoms with Crippen LogP contribution >= 0.6 is 24.0 Å². The molecule has 0 radical (unpaired) electrons. The lowest BCUT2D eigenvalue weighted by atomic mass is 10.2. The monoisotopic (exact) mass is 507 g/mol. The molecule has 1 heterocycles. The minimum absolute atomic E-state index is 0. The van der Waals surface area contributed by atoms with Crippen LogP contribution in [0.3, 0.4) is 0 Å². The number of carbonyl (C=O) groups is 1. The van der Waals surface area contributed by atoms with Gasteiger partial charge in [0.05, 0.1) is 7.11 Å². The van der Waals surface area contributed by atoms with Crippen LogP contribution in [0.1, 0.15) is 12.5 Å². The summed E-state index contributed by atoms with van der Waals surface area (Å²) in [6.07, 6.45) is 0. The quantitative estimate of drug-likeness (QED) is 0.361. The highest BCUT2D eigenvalue weighted by atomic mass is 127. The van der Waals surface area contributed by atoms with Crippen molar-refractivity contribution in [3.05, 3.63) is 29.6 Å². The Bertz CT molecular complexity index is 664. The molecule has 1 aromatic carbocycles. The Balaban J connectivity index is 0.00000392. The normalized spacial score (nSPS) is 15.0. The van der Waals surface area contributed by atoms with Crippen LogP contribution in [-0.2, 0) is 11.3 Å². The third kappa shape index (κ3) is 7.08. The molecule has 1 aliphatic rings. The van der Waals surface area contributed by atoms with E-state index in [1.807, 2.05) is 13.0 Å².